The number of nitrogens with one attached hydrogen (secondary N) is 1. The molecule has 0 aliphatic carbocycles. The predicted octanol–water partition coefficient (Wildman–Crippen LogP) is 1.77. The van der Waals surface area contributed by atoms with Crippen molar-refractivity contribution < 1.29 is 17.9 Å². The Hall–Kier alpha value is -1.60. The van der Waals surface area contributed by atoms with E-state index in [1.807, 2.05) is 6.92 Å². The highest BCUT2D eigenvalue weighted by Gasteiger charge is 2.30. The van der Waals surface area contributed by atoms with Crippen LogP contribution in [0.5, 0.6) is 0 Å². The second-order valence-corrected chi connectivity index (χ2v) is 7.02. The van der Waals surface area contributed by atoms with Crippen molar-refractivity contribution in [2.75, 3.05) is 30.3 Å². The van der Waals surface area contributed by atoms with Gasteiger partial charge in [0.15, 0.2) is 0 Å². The summed E-state index contributed by atoms with van der Waals surface area (Å²) in [6, 6.07) is 7.91. The van der Waals surface area contributed by atoms with Gasteiger partial charge in [0.1, 0.15) is 6.04 Å². The van der Waals surface area contributed by atoms with Gasteiger partial charge in [-0.05, 0) is 31.9 Å². The molecule has 0 spiro atoms. The molecule has 1 atom stereocenters. The van der Waals surface area contributed by atoms with Gasteiger partial charge in [-0.25, -0.2) is 8.42 Å². The highest BCUT2D eigenvalue weighted by molar-refractivity contribution is 7.92. The fraction of sp³-hybridized carbons (Fsp3) is 0.562. The van der Waals surface area contributed by atoms with Gasteiger partial charge >= 0.3 is 0 Å². The number of sulfonamides is 1. The van der Waals surface area contributed by atoms with E-state index in [1.165, 1.54) is 4.31 Å². The van der Waals surface area contributed by atoms with Crippen LogP contribution >= 0.6 is 0 Å². The van der Waals surface area contributed by atoms with Crippen LogP contribution in [0.4, 0.5) is 5.69 Å². The zero-order valence-corrected chi connectivity index (χ0v) is 14.8. The zero-order valence-electron chi connectivity index (χ0n) is 14.0. The lowest BCUT2D eigenvalue weighted by atomic mass is 10.2. The summed E-state index contributed by atoms with van der Waals surface area (Å²) in [5.74, 6) is -0.293. The number of rotatable bonds is 10. The molecule has 6 nitrogen and oxygen atoms in total. The summed E-state index contributed by atoms with van der Waals surface area (Å²) >= 11 is 0. The number of carbonyl (C=O) groups is 1. The maximum Gasteiger partial charge on any atom is 0.243 e. The lowest BCUT2D eigenvalue weighted by Gasteiger charge is -2.30. The number of amides is 1. The van der Waals surface area contributed by atoms with Crippen LogP contribution in [0.3, 0.4) is 0 Å². The largest absolute Gasteiger partial charge is 0.382 e. The van der Waals surface area contributed by atoms with Crippen molar-refractivity contribution in [2.45, 2.75) is 32.7 Å². The monoisotopic (exact) mass is 342 g/mol. The first-order chi connectivity index (χ1) is 10.9. The number of anilines is 1. The van der Waals surface area contributed by atoms with Gasteiger partial charge in [-0.15, -0.1) is 0 Å². The molecule has 0 saturated carbocycles. The highest BCUT2D eigenvalue weighted by atomic mass is 32.2. The van der Waals surface area contributed by atoms with Crippen molar-refractivity contribution in [3.63, 3.8) is 0 Å². The summed E-state index contributed by atoms with van der Waals surface area (Å²) in [4.78, 5) is 12.4. The molecular weight excluding hydrogens is 316 g/mol. The first-order valence-corrected chi connectivity index (χ1v) is 9.66. The Morgan fingerprint density at radius 2 is 1.91 bits per heavy atom. The molecule has 0 unspecified atom stereocenters. The number of ether oxygens (including phenoxy) is 1. The second kappa shape index (κ2) is 9.52. The summed E-state index contributed by atoms with van der Waals surface area (Å²) in [5.41, 5.74) is 0.492. The van der Waals surface area contributed by atoms with Crippen LogP contribution in [0.2, 0.25) is 0 Å². The lowest BCUT2D eigenvalue weighted by molar-refractivity contribution is -0.122. The first-order valence-electron chi connectivity index (χ1n) is 7.81. The van der Waals surface area contributed by atoms with E-state index < -0.39 is 16.1 Å². The summed E-state index contributed by atoms with van der Waals surface area (Å²) in [6.45, 7) is 5.38. The molecule has 0 heterocycles. The zero-order chi connectivity index (χ0) is 17.3. The molecule has 0 radical (unpaired) electrons. The normalized spacial score (nSPS) is 12.7. The average Bonchev–Trinajstić information content (AvgIpc) is 2.51. The predicted molar refractivity (Wildman–Crippen MR) is 92.0 cm³/mol. The lowest BCUT2D eigenvalue weighted by Crippen LogP contribution is -2.49. The third-order valence-electron chi connectivity index (χ3n) is 3.31. The Labute approximate surface area is 138 Å². The standard InChI is InChI=1S/C16H26N2O4S/c1-4-15(16(19)17-12-9-13-22-5-2)18(23(3,20)21)14-10-7-6-8-11-14/h6-8,10-11,15H,4-5,9,12-13H2,1-3H3,(H,17,19)/t15-/m1/s1. The fourth-order valence-electron chi connectivity index (χ4n) is 2.28. The summed E-state index contributed by atoms with van der Waals surface area (Å²) in [6.07, 6.45) is 2.20. The molecule has 1 aromatic carbocycles. The van der Waals surface area contributed by atoms with Crippen LogP contribution in [-0.4, -0.2) is 46.4 Å². The minimum absolute atomic E-state index is 0.293. The summed E-state index contributed by atoms with van der Waals surface area (Å²) in [5, 5.41) is 2.79. The fourth-order valence-corrected chi connectivity index (χ4v) is 3.49. The van der Waals surface area contributed by atoms with Crippen LogP contribution in [0.15, 0.2) is 30.3 Å². The summed E-state index contributed by atoms with van der Waals surface area (Å²) < 4.78 is 30.8. The minimum Gasteiger partial charge on any atom is -0.382 e. The molecule has 1 rings (SSSR count). The smallest absolute Gasteiger partial charge is 0.243 e. The van der Waals surface area contributed by atoms with Gasteiger partial charge in [0.05, 0.1) is 11.9 Å². The molecule has 130 valence electrons. The van der Waals surface area contributed by atoms with Gasteiger partial charge in [-0.1, -0.05) is 25.1 Å². The number of nitrogens with zero attached hydrogens (tertiary/aromatic N) is 1. The Balaban J connectivity index is 2.84. The van der Waals surface area contributed by atoms with Crippen LogP contribution in [0.25, 0.3) is 0 Å². The van der Waals surface area contributed by atoms with Crippen LogP contribution in [-0.2, 0) is 19.6 Å². The van der Waals surface area contributed by atoms with E-state index in [0.29, 0.717) is 38.3 Å². The SMILES string of the molecule is CCOCCCNC(=O)[C@@H](CC)N(c1ccccc1)S(C)(=O)=O. The molecule has 1 aromatic rings. The van der Waals surface area contributed by atoms with Crippen molar-refractivity contribution in [3.8, 4) is 0 Å². The molecular formula is C16H26N2O4S. The number of hydrogen-bond donors (Lipinski definition) is 1. The van der Waals surface area contributed by atoms with Gasteiger partial charge in [0.2, 0.25) is 15.9 Å². The Bertz CT molecular complexity index is 575. The molecule has 23 heavy (non-hydrogen) atoms. The Kier molecular flexibility index (Phi) is 8.05. The molecule has 0 aromatic heterocycles. The molecule has 0 aliphatic heterocycles. The molecule has 1 N–H and O–H groups in total. The van der Waals surface area contributed by atoms with E-state index in [9.17, 15) is 13.2 Å². The molecule has 7 heteroatoms. The van der Waals surface area contributed by atoms with Gasteiger partial charge in [-0.3, -0.25) is 9.10 Å². The van der Waals surface area contributed by atoms with E-state index in [-0.39, 0.29) is 5.91 Å². The van der Waals surface area contributed by atoms with E-state index in [2.05, 4.69) is 5.32 Å². The third kappa shape index (κ3) is 6.19. The van der Waals surface area contributed by atoms with E-state index in [0.717, 1.165) is 6.26 Å². The van der Waals surface area contributed by atoms with E-state index in [4.69, 9.17) is 4.74 Å². The molecule has 0 bridgehead atoms. The van der Waals surface area contributed by atoms with Gasteiger partial charge in [-0.2, -0.15) is 0 Å². The third-order valence-corrected chi connectivity index (χ3v) is 4.49. The number of para-hydroxylation sites is 1. The van der Waals surface area contributed by atoms with Crippen molar-refractivity contribution in [1.29, 1.82) is 0 Å². The topological polar surface area (TPSA) is 75.7 Å². The van der Waals surface area contributed by atoms with Crippen LogP contribution in [0, 0.1) is 0 Å². The highest BCUT2D eigenvalue weighted by Crippen LogP contribution is 2.21. The van der Waals surface area contributed by atoms with E-state index in [1.54, 1.807) is 37.3 Å². The van der Waals surface area contributed by atoms with Crippen LogP contribution in [0.1, 0.15) is 26.7 Å². The number of benzene rings is 1. The van der Waals surface area contributed by atoms with Crippen molar-refractivity contribution in [3.05, 3.63) is 30.3 Å². The molecule has 1 amide bonds. The minimum atomic E-state index is -3.57. The maximum absolute atomic E-state index is 12.4. The maximum atomic E-state index is 12.4. The van der Waals surface area contributed by atoms with Crippen LogP contribution < -0.4 is 9.62 Å². The van der Waals surface area contributed by atoms with Crippen molar-refractivity contribution >= 4 is 21.6 Å². The molecule has 0 saturated heterocycles. The van der Waals surface area contributed by atoms with Gasteiger partial charge < -0.3 is 10.1 Å². The first kappa shape index (κ1) is 19.4. The Morgan fingerprint density at radius 1 is 1.26 bits per heavy atom. The summed E-state index contributed by atoms with van der Waals surface area (Å²) in [7, 11) is -3.57. The molecule has 0 aliphatic rings. The number of carbonyl (C=O) groups excluding carboxylic acids is 1. The Morgan fingerprint density at radius 3 is 2.43 bits per heavy atom. The molecule has 0 fully saturated rings. The average molecular weight is 342 g/mol. The quantitative estimate of drug-likeness (QED) is 0.658. The van der Waals surface area contributed by atoms with Crippen molar-refractivity contribution in [1.82, 2.24) is 5.32 Å². The van der Waals surface area contributed by atoms with E-state index >= 15 is 0 Å². The second-order valence-electron chi connectivity index (χ2n) is 5.16. The van der Waals surface area contributed by atoms with Gasteiger partial charge in [0, 0.05) is 19.8 Å². The van der Waals surface area contributed by atoms with Gasteiger partial charge in [0.25, 0.3) is 0 Å². The number of hydrogen-bond acceptors (Lipinski definition) is 4. The van der Waals surface area contributed by atoms with Crippen molar-refractivity contribution in [2.24, 2.45) is 0 Å².